The number of para-hydroxylation sites is 1. The lowest BCUT2D eigenvalue weighted by Crippen LogP contribution is -2.13. The normalized spacial score (nSPS) is 12.0. The van der Waals surface area contributed by atoms with Crippen LogP contribution < -0.4 is 15.2 Å². The molecule has 2 N–H and O–H groups in total. The Kier molecular flexibility index (Phi) is 6.95. The third-order valence-corrected chi connectivity index (χ3v) is 4.17. The van der Waals surface area contributed by atoms with E-state index in [9.17, 15) is 0 Å². The molecule has 0 amide bonds. The maximum Gasteiger partial charge on any atom is 0.122 e. The Morgan fingerprint density at radius 3 is 2.39 bits per heavy atom. The van der Waals surface area contributed by atoms with Crippen molar-refractivity contribution in [2.75, 3.05) is 20.3 Å². The lowest BCUT2D eigenvalue weighted by molar-refractivity contribution is 0.301. The summed E-state index contributed by atoms with van der Waals surface area (Å²) < 4.78 is 11.0. The van der Waals surface area contributed by atoms with Gasteiger partial charge in [-0.3, -0.25) is 0 Å². The summed E-state index contributed by atoms with van der Waals surface area (Å²) in [5, 5.41) is 0. The van der Waals surface area contributed by atoms with Crippen LogP contribution >= 0.6 is 0 Å². The summed E-state index contributed by atoms with van der Waals surface area (Å²) in [6.45, 7) is 3.50. The van der Waals surface area contributed by atoms with Crippen molar-refractivity contribution < 1.29 is 9.47 Å². The van der Waals surface area contributed by atoms with Crippen LogP contribution in [-0.4, -0.2) is 20.3 Å². The van der Waals surface area contributed by atoms with E-state index in [4.69, 9.17) is 15.2 Å². The zero-order valence-electron chi connectivity index (χ0n) is 14.1. The molecule has 2 aromatic carbocycles. The summed E-state index contributed by atoms with van der Waals surface area (Å²) in [7, 11) is 1.68. The second-order valence-corrected chi connectivity index (χ2v) is 5.82. The van der Waals surface area contributed by atoms with Gasteiger partial charge in [-0.1, -0.05) is 30.3 Å². The number of nitrogens with two attached hydrogens (primary N) is 1. The Labute approximate surface area is 139 Å². The van der Waals surface area contributed by atoms with Crippen LogP contribution in [0, 0.1) is 6.92 Å². The molecule has 0 spiro atoms. The second-order valence-electron chi connectivity index (χ2n) is 5.82. The van der Waals surface area contributed by atoms with Crippen LogP contribution in [0.3, 0.4) is 0 Å². The molecule has 0 aliphatic heterocycles. The first-order valence-electron chi connectivity index (χ1n) is 8.27. The van der Waals surface area contributed by atoms with Gasteiger partial charge in [0.15, 0.2) is 0 Å². The van der Waals surface area contributed by atoms with Gasteiger partial charge in [0.25, 0.3) is 0 Å². The smallest absolute Gasteiger partial charge is 0.122 e. The molecule has 2 rings (SSSR count). The van der Waals surface area contributed by atoms with E-state index in [0.29, 0.717) is 12.5 Å². The Morgan fingerprint density at radius 2 is 1.74 bits per heavy atom. The molecule has 0 aliphatic rings. The lowest BCUT2D eigenvalue weighted by atomic mass is 9.93. The van der Waals surface area contributed by atoms with Crippen molar-refractivity contribution in [2.24, 2.45) is 5.73 Å². The molecule has 23 heavy (non-hydrogen) atoms. The average molecular weight is 313 g/mol. The molecule has 0 saturated heterocycles. The fraction of sp³-hybridized carbons (Fsp3) is 0.400. The van der Waals surface area contributed by atoms with Gasteiger partial charge in [0.05, 0.1) is 13.7 Å². The summed E-state index contributed by atoms with van der Waals surface area (Å²) in [6.07, 6.45) is 3.24. The van der Waals surface area contributed by atoms with Crippen LogP contribution in [0.5, 0.6) is 11.5 Å². The van der Waals surface area contributed by atoms with Crippen molar-refractivity contribution in [1.82, 2.24) is 0 Å². The van der Waals surface area contributed by atoms with Gasteiger partial charge in [-0.2, -0.15) is 0 Å². The molecule has 0 radical (unpaired) electrons. The van der Waals surface area contributed by atoms with E-state index in [1.165, 1.54) is 11.1 Å². The average Bonchev–Trinajstić information content (AvgIpc) is 2.60. The first kappa shape index (κ1) is 17.4. The Bertz CT molecular complexity index is 580. The first-order chi connectivity index (χ1) is 11.2. The molecule has 0 fully saturated rings. The highest BCUT2D eigenvalue weighted by atomic mass is 16.5. The topological polar surface area (TPSA) is 44.5 Å². The molecular weight excluding hydrogens is 286 g/mol. The summed E-state index contributed by atoms with van der Waals surface area (Å²) in [6, 6.07) is 16.4. The monoisotopic (exact) mass is 313 g/mol. The largest absolute Gasteiger partial charge is 0.497 e. The third kappa shape index (κ3) is 5.29. The van der Waals surface area contributed by atoms with Gasteiger partial charge in [0, 0.05) is 0 Å². The van der Waals surface area contributed by atoms with E-state index >= 15 is 0 Å². The maximum absolute atomic E-state index is 5.94. The molecule has 2 aromatic rings. The highest BCUT2D eigenvalue weighted by Gasteiger charge is 2.09. The molecule has 0 aliphatic carbocycles. The van der Waals surface area contributed by atoms with Gasteiger partial charge < -0.3 is 15.2 Å². The highest BCUT2D eigenvalue weighted by molar-refractivity contribution is 5.31. The molecule has 0 saturated carbocycles. The van der Waals surface area contributed by atoms with Gasteiger partial charge >= 0.3 is 0 Å². The quantitative estimate of drug-likeness (QED) is 0.702. The molecule has 1 unspecified atom stereocenters. The Hall–Kier alpha value is -2.00. The predicted molar refractivity (Wildman–Crippen MR) is 95.3 cm³/mol. The van der Waals surface area contributed by atoms with Crippen LogP contribution in [0.25, 0.3) is 0 Å². The molecule has 124 valence electrons. The van der Waals surface area contributed by atoms with Crippen molar-refractivity contribution in [3.05, 3.63) is 59.7 Å². The van der Waals surface area contributed by atoms with Gasteiger partial charge in [0.2, 0.25) is 0 Å². The zero-order chi connectivity index (χ0) is 16.5. The Balaban J connectivity index is 1.74. The Morgan fingerprint density at radius 1 is 1.00 bits per heavy atom. The van der Waals surface area contributed by atoms with E-state index in [2.05, 4.69) is 25.1 Å². The SMILES string of the molecule is COc1ccc(C(CN)CCCCOc2ccccc2C)cc1. The molecule has 3 heteroatoms. The van der Waals surface area contributed by atoms with Crippen LogP contribution in [-0.2, 0) is 0 Å². The number of benzene rings is 2. The maximum atomic E-state index is 5.94. The number of methoxy groups -OCH3 is 1. The molecule has 3 nitrogen and oxygen atoms in total. The summed E-state index contributed by atoms with van der Waals surface area (Å²) >= 11 is 0. The van der Waals surface area contributed by atoms with Crippen LogP contribution in [0.1, 0.15) is 36.3 Å². The molecule has 1 atom stereocenters. The van der Waals surface area contributed by atoms with Gasteiger partial charge in [-0.05, 0) is 68.0 Å². The van der Waals surface area contributed by atoms with Crippen molar-refractivity contribution in [3.8, 4) is 11.5 Å². The highest BCUT2D eigenvalue weighted by Crippen LogP contribution is 2.23. The van der Waals surface area contributed by atoms with E-state index in [-0.39, 0.29) is 0 Å². The van der Waals surface area contributed by atoms with E-state index in [1.807, 2.05) is 30.3 Å². The minimum atomic E-state index is 0.402. The zero-order valence-corrected chi connectivity index (χ0v) is 14.1. The standard InChI is InChI=1S/C20H27NO2/c1-16-7-3-4-9-20(16)23-14-6-5-8-18(15-21)17-10-12-19(22-2)13-11-17/h3-4,7,9-13,18H,5-6,8,14-15,21H2,1-2H3. The minimum Gasteiger partial charge on any atom is -0.497 e. The van der Waals surface area contributed by atoms with Gasteiger partial charge in [-0.15, -0.1) is 0 Å². The fourth-order valence-corrected chi connectivity index (χ4v) is 2.69. The van der Waals surface area contributed by atoms with E-state index in [0.717, 1.165) is 37.4 Å². The van der Waals surface area contributed by atoms with Crippen molar-refractivity contribution >= 4 is 0 Å². The first-order valence-corrected chi connectivity index (χ1v) is 8.27. The summed E-state index contributed by atoms with van der Waals surface area (Å²) in [5.74, 6) is 2.27. The molecule has 0 bridgehead atoms. The van der Waals surface area contributed by atoms with Crippen LogP contribution in [0.2, 0.25) is 0 Å². The second kappa shape index (κ2) is 9.21. The van der Waals surface area contributed by atoms with E-state index in [1.54, 1.807) is 7.11 Å². The number of hydrogen-bond donors (Lipinski definition) is 1. The predicted octanol–water partition coefficient (Wildman–Crippen LogP) is 4.30. The number of aryl methyl sites for hydroxylation is 1. The molecule has 0 heterocycles. The molecular formula is C20H27NO2. The van der Waals surface area contributed by atoms with Crippen LogP contribution in [0.15, 0.2) is 48.5 Å². The summed E-state index contributed by atoms with van der Waals surface area (Å²) in [4.78, 5) is 0. The van der Waals surface area contributed by atoms with Crippen molar-refractivity contribution in [1.29, 1.82) is 0 Å². The van der Waals surface area contributed by atoms with Crippen molar-refractivity contribution in [3.63, 3.8) is 0 Å². The third-order valence-electron chi connectivity index (χ3n) is 4.17. The van der Waals surface area contributed by atoms with Crippen LogP contribution in [0.4, 0.5) is 0 Å². The number of rotatable bonds is 9. The fourth-order valence-electron chi connectivity index (χ4n) is 2.69. The number of unbranched alkanes of at least 4 members (excludes halogenated alkanes) is 1. The van der Waals surface area contributed by atoms with Crippen molar-refractivity contribution in [2.45, 2.75) is 32.1 Å². The van der Waals surface area contributed by atoms with Gasteiger partial charge in [0.1, 0.15) is 11.5 Å². The summed E-state index contributed by atoms with van der Waals surface area (Å²) in [5.41, 5.74) is 8.41. The number of hydrogen-bond acceptors (Lipinski definition) is 3. The number of ether oxygens (including phenoxy) is 2. The lowest BCUT2D eigenvalue weighted by Gasteiger charge is -2.16. The van der Waals surface area contributed by atoms with E-state index < -0.39 is 0 Å². The molecule has 0 aromatic heterocycles. The minimum absolute atomic E-state index is 0.402. The van der Waals surface area contributed by atoms with Gasteiger partial charge in [-0.25, -0.2) is 0 Å².